The molecule has 0 saturated heterocycles. The number of fused-ring (bicyclic) bond motifs is 1. The van der Waals surface area contributed by atoms with Crippen LogP contribution in [0.2, 0.25) is 5.28 Å². The van der Waals surface area contributed by atoms with Crippen molar-refractivity contribution in [3.63, 3.8) is 0 Å². The lowest BCUT2D eigenvalue weighted by molar-refractivity contribution is 0.618. The summed E-state index contributed by atoms with van der Waals surface area (Å²) in [7, 11) is 0. The molecule has 0 atom stereocenters. The number of benzene rings is 2. The smallest absolute Gasteiger partial charge is 0.231 e. The van der Waals surface area contributed by atoms with Crippen molar-refractivity contribution >= 4 is 22.7 Å². The fourth-order valence-corrected chi connectivity index (χ4v) is 2.67. The van der Waals surface area contributed by atoms with Crippen LogP contribution in [0.25, 0.3) is 33.6 Å². The standard InChI is InChI=1S/C18H11ClN2O/c19-18-20-11-14-15(12-7-3-1-4-8-12)16(22-17(14)21-18)13-9-5-2-6-10-13/h1-11H. The van der Waals surface area contributed by atoms with Gasteiger partial charge in [0.05, 0.1) is 5.39 Å². The van der Waals surface area contributed by atoms with Gasteiger partial charge in [-0.1, -0.05) is 60.7 Å². The molecule has 3 nitrogen and oxygen atoms in total. The third-order valence-electron chi connectivity index (χ3n) is 3.52. The molecule has 4 rings (SSSR count). The Morgan fingerprint density at radius 1 is 0.818 bits per heavy atom. The highest BCUT2D eigenvalue weighted by atomic mass is 35.5. The maximum absolute atomic E-state index is 5.98. The molecule has 0 fully saturated rings. The highest BCUT2D eigenvalue weighted by Crippen LogP contribution is 2.39. The van der Waals surface area contributed by atoms with E-state index in [1.54, 1.807) is 6.20 Å². The van der Waals surface area contributed by atoms with E-state index in [2.05, 4.69) is 9.97 Å². The van der Waals surface area contributed by atoms with Gasteiger partial charge in [0.1, 0.15) is 5.76 Å². The summed E-state index contributed by atoms with van der Waals surface area (Å²) in [5.74, 6) is 0.776. The Labute approximate surface area is 132 Å². The molecule has 2 heterocycles. The van der Waals surface area contributed by atoms with Crippen LogP contribution >= 0.6 is 11.6 Å². The number of nitrogens with zero attached hydrogens (tertiary/aromatic N) is 2. The first-order valence-corrected chi connectivity index (χ1v) is 7.26. The molecule has 0 aliphatic carbocycles. The van der Waals surface area contributed by atoms with Gasteiger partial charge in [0.15, 0.2) is 0 Å². The quantitative estimate of drug-likeness (QED) is 0.477. The number of rotatable bonds is 2. The number of hydrogen-bond acceptors (Lipinski definition) is 3. The molecule has 4 aromatic rings. The Balaban J connectivity index is 2.07. The largest absolute Gasteiger partial charge is 0.437 e. The predicted molar refractivity (Wildman–Crippen MR) is 87.7 cm³/mol. The maximum atomic E-state index is 5.98. The zero-order valence-corrected chi connectivity index (χ0v) is 12.3. The van der Waals surface area contributed by atoms with Crippen LogP contribution in [0, 0.1) is 0 Å². The Hall–Kier alpha value is -2.65. The Morgan fingerprint density at radius 2 is 1.45 bits per heavy atom. The van der Waals surface area contributed by atoms with Gasteiger partial charge in [-0.3, -0.25) is 0 Å². The third kappa shape index (κ3) is 2.16. The van der Waals surface area contributed by atoms with Crippen molar-refractivity contribution in [1.29, 1.82) is 0 Å². The molecule has 22 heavy (non-hydrogen) atoms. The van der Waals surface area contributed by atoms with E-state index in [9.17, 15) is 0 Å². The number of halogens is 1. The van der Waals surface area contributed by atoms with E-state index in [0.29, 0.717) is 5.71 Å². The van der Waals surface area contributed by atoms with E-state index < -0.39 is 0 Å². The third-order valence-corrected chi connectivity index (χ3v) is 3.70. The van der Waals surface area contributed by atoms with Crippen LogP contribution in [0.15, 0.2) is 71.3 Å². The van der Waals surface area contributed by atoms with E-state index >= 15 is 0 Å². The topological polar surface area (TPSA) is 38.9 Å². The Morgan fingerprint density at radius 3 is 2.14 bits per heavy atom. The van der Waals surface area contributed by atoms with Gasteiger partial charge in [0, 0.05) is 17.3 Å². The van der Waals surface area contributed by atoms with Crippen LogP contribution in [0.4, 0.5) is 0 Å². The van der Waals surface area contributed by atoms with Crippen molar-refractivity contribution in [3.05, 3.63) is 72.1 Å². The number of furan rings is 1. The first kappa shape index (κ1) is 13.0. The van der Waals surface area contributed by atoms with E-state index in [4.69, 9.17) is 16.0 Å². The van der Waals surface area contributed by atoms with Crippen LogP contribution in [0.5, 0.6) is 0 Å². The van der Waals surface area contributed by atoms with Crippen molar-refractivity contribution < 1.29 is 4.42 Å². The second-order valence-electron chi connectivity index (χ2n) is 4.90. The Kier molecular flexibility index (Phi) is 3.13. The Bertz CT molecular complexity index is 933. The minimum atomic E-state index is 0.181. The molecule has 106 valence electrons. The fourth-order valence-electron chi connectivity index (χ4n) is 2.55. The van der Waals surface area contributed by atoms with Crippen LogP contribution in [0.3, 0.4) is 0 Å². The van der Waals surface area contributed by atoms with E-state index in [1.807, 2.05) is 60.7 Å². The number of hydrogen-bond donors (Lipinski definition) is 0. The van der Waals surface area contributed by atoms with Gasteiger partial charge < -0.3 is 4.42 Å². The van der Waals surface area contributed by atoms with Crippen molar-refractivity contribution in [2.45, 2.75) is 0 Å². The summed E-state index contributed by atoms with van der Waals surface area (Å²) in [6.07, 6.45) is 1.71. The van der Waals surface area contributed by atoms with Crippen LogP contribution < -0.4 is 0 Å². The average Bonchev–Trinajstić information content (AvgIpc) is 2.95. The normalized spacial score (nSPS) is 11.0. The number of aromatic nitrogens is 2. The summed E-state index contributed by atoms with van der Waals surface area (Å²) in [6, 6.07) is 20.0. The molecular weight excluding hydrogens is 296 g/mol. The minimum absolute atomic E-state index is 0.181. The molecule has 0 bridgehead atoms. The second-order valence-corrected chi connectivity index (χ2v) is 5.23. The molecule has 2 aromatic heterocycles. The lowest BCUT2D eigenvalue weighted by Gasteiger charge is -2.03. The predicted octanol–water partition coefficient (Wildman–Crippen LogP) is 5.21. The molecule has 0 aliphatic rings. The molecule has 0 radical (unpaired) electrons. The van der Waals surface area contributed by atoms with Gasteiger partial charge in [-0.2, -0.15) is 4.98 Å². The summed E-state index contributed by atoms with van der Waals surface area (Å²) in [5.41, 5.74) is 3.54. The van der Waals surface area contributed by atoms with Gasteiger partial charge in [-0.25, -0.2) is 4.98 Å². The van der Waals surface area contributed by atoms with Gasteiger partial charge in [-0.05, 0) is 17.2 Å². The zero-order valence-electron chi connectivity index (χ0n) is 11.5. The second kappa shape index (κ2) is 5.28. The summed E-state index contributed by atoms with van der Waals surface area (Å²) in [5, 5.41) is 1.04. The van der Waals surface area contributed by atoms with Gasteiger partial charge in [-0.15, -0.1) is 0 Å². The first-order chi connectivity index (χ1) is 10.8. The lowest BCUT2D eigenvalue weighted by Crippen LogP contribution is -1.82. The van der Waals surface area contributed by atoms with Gasteiger partial charge in [0.2, 0.25) is 11.0 Å². The minimum Gasteiger partial charge on any atom is -0.437 e. The molecule has 0 N–H and O–H groups in total. The lowest BCUT2D eigenvalue weighted by atomic mass is 10.00. The molecule has 0 aliphatic heterocycles. The summed E-state index contributed by atoms with van der Waals surface area (Å²) in [4.78, 5) is 8.29. The van der Waals surface area contributed by atoms with Crippen molar-refractivity contribution in [2.24, 2.45) is 0 Å². The molecular formula is C18H11ClN2O. The zero-order chi connectivity index (χ0) is 14.9. The monoisotopic (exact) mass is 306 g/mol. The molecule has 0 unspecified atom stereocenters. The maximum Gasteiger partial charge on any atom is 0.231 e. The van der Waals surface area contributed by atoms with E-state index in [0.717, 1.165) is 27.8 Å². The van der Waals surface area contributed by atoms with Crippen LogP contribution in [-0.2, 0) is 0 Å². The van der Waals surface area contributed by atoms with Gasteiger partial charge in [0.25, 0.3) is 0 Å². The first-order valence-electron chi connectivity index (χ1n) is 6.89. The molecule has 0 spiro atoms. The van der Waals surface area contributed by atoms with Gasteiger partial charge >= 0.3 is 0 Å². The highest BCUT2D eigenvalue weighted by molar-refractivity contribution is 6.28. The van der Waals surface area contributed by atoms with Crippen molar-refractivity contribution in [1.82, 2.24) is 9.97 Å². The summed E-state index contributed by atoms with van der Waals surface area (Å²) < 4.78 is 5.98. The van der Waals surface area contributed by atoms with E-state index in [-0.39, 0.29) is 5.28 Å². The highest BCUT2D eigenvalue weighted by Gasteiger charge is 2.18. The molecule has 4 heteroatoms. The fraction of sp³-hybridized carbons (Fsp3) is 0. The molecule has 2 aromatic carbocycles. The van der Waals surface area contributed by atoms with Crippen molar-refractivity contribution in [2.75, 3.05) is 0 Å². The van der Waals surface area contributed by atoms with Crippen LogP contribution in [-0.4, -0.2) is 9.97 Å². The molecule has 0 amide bonds. The average molecular weight is 307 g/mol. The summed E-state index contributed by atoms with van der Waals surface area (Å²) >= 11 is 5.89. The SMILES string of the molecule is Clc1ncc2c(-c3ccccc3)c(-c3ccccc3)oc2n1. The van der Waals surface area contributed by atoms with E-state index in [1.165, 1.54) is 0 Å². The summed E-state index contributed by atoms with van der Waals surface area (Å²) in [6.45, 7) is 0. The molecule has 0 saturated carbocycles. The van der Waals surface area contributed by atoms with Crippen LogP contribution in [0.1, 0.15) is 0 Å². The van der Waals surface area contributed by atoms with Crippen molar-refractivity contribution in [3.8, 4) is 22.5 Å².